The number of hydrogen-bond donors (Lipinski definition) is 0. The number of carbonyl (C=O) groups is 1. The van der Waals surface area contributed by atoms with Crippen molar-refractivity contribution in [3.63, 3.8) is 0 Å². The molecule has 0 aliphatic carbocycles. The van der Waals surface area contributed by atoms with Crippen LogP contribution >= 0.6 is 0 Å². The van der Waals surface area contributed by atoms with Crippen LogP contribution in [-0.2, 0) is 37.9 Å². The van der Waals surface area contributed by atoms with Crippen molar-refractivity contribution in [2.24, 2.45) is 7.05 Å². The third-order valence-corrected chi connectivity index (χ3v) is 5.18. The number of nitrogens with zero attached hydrogens (tertiary/aromatic N) is 2. The molecule has 3 heteroatoms. The summed E-state index contributed by atoms with van der Waals surface area (Å²) in [5.74, 6) is 0.257. The van der Waals surface area contributed by atoms with Gasteiger partial charge in [-0.1, -0.05) is 30.3 Å². The van der Waals surface area contributed by atoms with Gasteiger partial charge in [-0.25, -0.2) is 0 Å². The molecule has 1 aromatic heterocycles. The lowest BCUT2D eigenvalue weighted by molar-refractivity contribution is -0.116. The van der Waals surface area contributed by atoms with Crippen LogP contribution < -0.4 is 0 Å². The Balaban J connectivity index is 1.60. The number of aryl methyl sites for hydroxylation is 2. The summed E-state index contributed by atoms with van der Waals surface area (Å²) in [4.78, 5) is 13.8. The lowest BCUT2D eigenvalue weighted by atomic mass is 10.0. The number of hydrogen-bond acceptors (Lipinski definition) is 2. The fourth-order valence-electron chi connectivity index (χ4n) is 3.89. The van der Waals surface area contributed by atoms with E-state index < -0.39 is 0 Å². The average molecular weight is 332 g/mol. The molecule has 0 atom stereocenters. The summed E-state index contributed by atoms with van der Waals surface area (Å²) in [5, 5.41) is 1.31. The van der Waals surface area contributed by atoms with Crippen molar-refractivity contribution in [1.82, 2.24) is 9.47 Å². The highest BCUT2D eigenvalue weighted by atomic mass is 16.1. The lowest BCUT2D eigenvalue weighted by Gasteiger charge is -2.14. The molecule has 4 rings (SSSR count). The van der Waals surface area contributed by atoms with Gasteiger partial charge in [-0.05, 0) is 47.7 Å². The van der Waals surface area contributed by atoms with Gasteiger partial charge in [0.1, 0.15) is 5.78 Å². The van der Waals surface area contributed by atoms with E-state index in [1.165, 1.54) is 33.2 Å². The minimum atomic E-state index is 0.257. The van der Waals surface area contributed by atoms with E-state index in [-0.39, 0.29) is 5.78 Å². The molecule has 3 aromatic rings. The number of benzene rings is 2. The summed E-state index contributed by atoms with van der Waals surface area (Å²) in [6.07, 6.45) is 3.64. The first kappa shape index (κ1) is 16.1. The Kier molecular flexibility index (Phi) is 4.18. The van der Waals surface area contributed by atoms with Crippen molar-refractivity contribution in [2.45, 2.75) is 39.4 Å². The van der Waals surface area contributed by atoms with Crippen LogP contribution in [-0.4, -0.2) is 15.3 Å². The van der Waals surface area contributed by atoms with Crippen LogP contribution in [0.15, 0.2) is 48.7 Å². The number of rotatable bonds is 5. The van der Waals surface area contributed by atoms with Gasteiger partial charge in [0.2, 0.25) is 0 Å². The monoisotopic (exact) mass is 332 g/mol. The van der Waals surface area contributed by atoms with Crippen molar-refractivity contribution in [1.29, 1.82) is 0 Å². The Morgan fingerprint density at radius 3 is 2.52 bits per heavy atom. The van der Waals surface area contributed by atoms with Gasteiger partial charge >= 0.3 is 0 Å². The summed E-state index contributed by atoms with van der Waals surface area (Å²) in [7, 11) is 2.10. The molecule has 0 saturated carbocycles. The molecule has 0 bridgehead atoms. The largest absolute Gasteiger partial charge is 0.350 e. The van der Waals surface area contributed by atoms with Gasteiger partial charge < -0.3 is 9.36 Å². The Morgan fingerprint density at radius 1 is 1.08 bits per heavy atom. The van der Waals surface area contributed by atoms with E-state index in [9.17, 15) is 4.79 Å². The Hall–Kier alpha value is -2.39. The molecule has 0 radical (unpaired) electrons. The van der Waals surface area contributed by atoms with E-state index in [4.69, 9.17) is 0 Å². The fourth-order valence-corrected chi connectivity index (χ4v) is 3.89. The standard InChI is InChI=1S/C22H24N2O/c1-16(25)8-9-18-13-23(2)22-11-20-15-24(14-19(20)10-21(18)22)12-17-6-4-3-5-7-17/h3-7,10-11,13H,8-9,12,14-15H2,1-2H3. The first-order valence-electron chi connectivity index (χ1n) is 8.95. The van der Waals surface area contributed by atoms with E-state index >= 15 is 0 Å². The van der Waals surface area contributed by atoms with Gasteiger partial charge in [-0.2, -0.15) is 0 Å². The van der Waals surface area contributed by atoms with Crippen LogP contribution in [0.3, 0.4) is 0 Å². The molecule has 0 fully saturated rings. The molecule has 0 N–H and O–H groups in total. The molecular weight excluding hydrogens is 308 g/mol. The van der Waals surface area contributed by atoms with E-state index in [2.05, 4.69) is 65.2 Å². The third-order valence-electron chi connectivity index (χ3n) is 5.18. The van der Waals surface area contributed by atoms with Crippen molar-refractivity contribution in [3.8, 4) is 0 Å². The van der Waals surface area contributed by atoms with Crippen LogP contribution in [0.4, 0.5) is 0 Å². The van der Waals surface area contributed by atoms with Gasteiger partial charge in [-0.15, -0.1) is 0 Å². The number of ketones is 1. The minimum Gasteiger partial charge on any atom is -0.350 e. The highest BCUT2D eigenvalue weighted by molar-refractivity contribution is 5.86. The second-order valence-corrected chi connectivity index (χ2v) is 7.24. The van der Waals surface area contributed by atoms with Crippen LogP contribution in [0.25, 0.3) is 10.9 Å². The van der Waals surface area contributed by atoms with Crippen molar-refractivity contribution >= 4 is 16.7 Å². The Morgan fingerprint density at radius 2 is 1.80 bits per heavy atom. The minimum absolute atomic E-state index is 0.257. The van der Waals surface area contributed by atoms with Crippen molar-refractivity contribution < 1.29 is 4.79 Å². The summed E-state index contributed by atoms with van der Waals surface area (Å²) in [6, 6.07) is 15.4. The Bertz CT molecular complexity index is 924. The average Bonchev–Trinajstić information content (AvgIpc) is 3.12. The maximum Gasteiger partial charge on any atom is 0.130 e. The summed E-state index contributed by atoms with van der Waals surface area (Å²) < 4.78 is 2.20. The Labute approximate surface area is 148 Å². The predicted molar refractivity (Wildman–Crippen MR) is 101 cm³/mol. The topological polar surface area (TPSA) is 25.2 Å². The van der Waals surface area contributed by atoms with E-state index in [1.54, 1.807) is 6.92 Å². The third kappa shape index (κ3) is 3.24. The molecule has 3 nitrogen and oxygen atoms in total. The number of fused-ring (bicyclic) bond motifs is 2. The smallest absolute Gasteiger partial charge is 0.130 e. The first-order valence-corrected chi connectivity index (χ1v) is 8.95. The maximum atomic E-state index is 11.4. The molecule has 1 aliphatic heterocycles. The van der Waals surface area contributed by atoms with Gasteiger partial charge in [0.15, 0.2) is 0 Å². The molecule has 0 amide bonds. The van der Waals surface area contributed by atoms with E-state index in [0.29, 0.717) is 6.42 Å². The summed E-state index contributed by atoms with van der Waals surface area (Å²) in [6.45, 7) is 4.67. The second-order valence-electron chi connectivity index (χ2n) is 7.24. The number of Topliss-reactive ketones (excluding diaryl/α,β-unsaturated/α-hetero) is 1. The van der Waals surface area contributed by atoms with Gasteiger partial charge in [0.25, 0.3) is 0 Å². The van der Waals surface area contributed by atoms with E-state index in [1.807, 2.05) is 0 Å². The van der Waals surface area contributed by atoms with Crippen LogP contribution in [0.2, 0.25) is 0 Å². The molecule has 0 unspecified atom stereocenters. The van der Waals surface area contributed by atoms with Crippen LogP contribution in [0.5, 0.6) is 0 Å². The highest BCUT2D eigenvalue weighted by Crippen LogP contribution is 2.31. The zero-order valence-corrected chi connectivity index (χ0v) is 15.0. The quantitative estimate of drug-likeness (QED) is 0.699. The molecule has 128 valence electrons. The zero-order chi connectivity index (χ0) is 17.4. The molecular formula is C22H24N2O. The van der Waals surface area contributed by atoms with Gasteiger partial charge in [0.05, 0.1) is 0 Å². The van der Waals surface area contributed by atoms with E-state index in [0.717, 1.165) is 26.1 Å². The lowest BCUT2D eigenvalue weighted by Crippen LogP contribution is -2.15. The fraction of sp³-hybridized carbons (Fsp3) is 0.318. The van der Waals surface area contributed by atoms with Crippen LogP contribution in [0.1, 0.15) is 35.6 Å². The SMILES string of the molecule is CC(=O)CCc1cn(C)c2cc3c(cc12)CN(Cc1ccccc1)C3. The highest BCUT2D eigenvalue weighted by Gasteiger charge is 2.21. The second kappa shape index (κ2) is 6.49. The van der Waals surface area contributed by atoms with Crippen molar-refractivity contribution in [2.75, 3.05) is 0 Å². The molecule has 2 heterocycles. The van der Waals surface area contributed by atoms with Gasteiger partial charge in [-0.3, -0.25) is 4.90 Å². The maximum absolute atomic E-state index is 11.4. The predicted octanol–water partition coefficient (Wildman–Crippen LogP) is 4.22. The number of carbonyl (C=O) groups excluding carboxylic acids is 1. The zero-order valence-electron chi connectivity index (χ0n) is 15.0. The molecule has 1 aliphatic rings. The van der Waals surface area contributed by atoms with Gasteiger partial charge in [0, 0.05) is 50.2 Å². The summed E-state index contributed by atoms with van der Waals surface area (Å²) in [5.41, 5.74) is 6.79. The van der Waals surface area contributed by atoms with Crippen LogP contribution in [0, 0.1) is 0 Å². The molecule has 2 aromatic carbocycles. The molecule has 0 saturated heterocycles. The van der Waals surface area contributed by atoms with Crippen molar-refractivity contribution in [3.05, 3.63) is 70.9 Å². The normalized spacial score (nSPS) is 14.2. The summed E-state index contributed by atoms with van der Waals surface area (Å²) >= 11 is 0. The first-order chi connectivity index (χ1) is 12.1. The number of aromatic nitrogens is 1. The molecule has 0 spiro atoms. The molecule has 25 heavy (non-hydrogen) atoms.